The molecule has 1 N–H and O–H groups in total. The molecule has 2 amide bonds. The van der Waals surface area contributed by atoms with E-state index in [1.54, 1.807) is 42.5 Å². The molecule has 4 aromatic carbocycles. The van der Waals surface area contributed by atoms with Gasteiger partial charge in [0.05, 0.1) is 10.6 Å². The quantitative estimate of drug-likeness (QED) is 0.178. The van der Waals surface area contributed by atoms with Crippen molar-refractivity contribution >= 4 is 39.1 Å². The normalized spacial score (nSPS) is 12.0. The van der Waals surface area contributed by atoms with Crippen molar-refractivity contribution in [3.63, 3.8) is 0 Å². The third kappa shape index (κ3) is 8.74. The first-order valence-corrected chi connectivity index (χ1v) is 16.8. The second kappa shape index (κ2) is 15.2. The molecule has 1 atom stereocenters. The van der Waals surface area contributed by atoms with Gasteiger partial charge in [0.25, 0.3) is 10.0 Å². The Bertz CT molecular complexity index is 1710. The zero-order valence-corrected chi connectivity index (χ0v) is 27.7. The highest BCUT2D eigenvalue weighted by molar-refractivity contribution is 7.92. The number of benzene rings is 4. The van der Waals surface area contributed by atoms with Crippen molar-refractivity contribution < 1.29 is 18.0 Å². The molecule has 0 heterocycles. The Hall–Kier alpha value is -4.14. The summed E-state index contributed by atoms with van der Waals surface area (Å²) < 4.78 is 29.5. The molecule has 7 nitrogen and oxygen atoms in total. The molecule has 0 aliphatic rings. The van der Waals surface area contributed by atoms with E-state index >= 15 is 0 Å². The largest absolute Gasteiger partial charge is 0.354 e. The number of halogens is 1. The van der Waals surface area contributed by atoms with E-state index in [2.05, 4.69) is 5.32 Å². The number of carbonyl (C=O) groups is 2. The Morgan fingerprint density at radius 2 is 1.47 bits per heavy atom. The van der Waals surface area contributed by atoms with Crippen molar-refractivity contribution in [2.24, 2.45) is 5.92 Å². The Kier molecular flexibility index (Phi) is 11.4. The highest BCUT2D eigenvalue weighted by Crippen LogP contribution is 2.29. The van der Waals surface area contributed by atoms with Crippen molar-refractivity contribution in [2.75, 3.05) is 17.4 Å². The fourth-order valence-corrected chi connectivity index (χ4v) is 6.80. The van der Waals surface area contributed by atoms with Crippen LogP contribution in [0.25, 0.3) is 0 Å². The molecule has 0 bridgehead atoms. The number of hydrogen-bond acceptors (Lipinski definition) is 4. The molecular formula is C36H40ClN3O4S. The van der Waals surface area contributed by atoms with Gasteiger partial charge in [-0.05, 0) is 60.7 Å². The Labute approximate surface area is 271 Å². The van der Waals surface area contributed by atoms with Gasteiger partial charge in [0.2, 0.25) is 11.8 Å². The van der Waals surface area contributed by atoms with Crippen LogP contribution in [0.2, 0.25) is 5.02 Å². The second-order valence-corrected chi connectivity index (χ2v) is 13.8. The number of carbonyl (C=O) groups excluding carboxylic acids is 2. The van der Waals surface area contributed by atoms with Gasteiger partial charge in [-0.15, -0.1) is 0 Å². The van der Waals surface area contributed by atoms with Crippen LogP contribution in [0.15, 0.2) is 108 Å². The monoisotopic (exact) mass is 645 g/mol. The molecule has 9 heteroatoms. The average Bonchev–Trinajstić information content (AvgIpc) is 3.02. The van der Waals surface area contributed by atoms with E-state index < -0.39 is 28.5 Å². The predicted molar refractivity (Wildman–Crippen MR) is 181 cm³/mol. The van der Waals surface area contributed by atoms with E-state index in [1.807, 2.05) is 76.2 Å². The van der Waals surface area contributed by atoms with E-state index in [0.717, 1.165) is 15.4 Å². The standard InChI is InChI=1S/C36H40ClN3O4S/c1-26(2)23-38-36(42)34(22-29-13-7-5-8-14-29)39(24-30-15-11-12-18-32(30)37)35(41)25-40(33-20-19-27(3)21-28(33)4)45(43,44)31-16-9-6-10-17-31/h5-21,26,34H,22-25H2,1-4H3,(H,38,42)/t34-/m0/s1. The molecule has 4 rings (SSSR count). The molecule has 45 heavy (non-hydrogen) atoms. The van der Waals surface area contributed by atoms with Gasteiger partial charge in [0, 0.05) is 24.5 Å². The summed E-state index contributed by atoms with van der Waals surface area (Å²) in [5.41, 5.74) is 3.56. The first-order chi connectivity index (χ1) is 21.5. The van der Waals surface area contributed by atoms with E-state index in [-0.39, 0.29) is 29.7 Å². The van der Waals surface area contributed by atoms with Crippen LogP contribution in [0.1, 0.15) is 36.1 Å². The minimum Gasteiger partial charge on any atom is -0.354 e. The van der Waals surface area contributed by atoms with Crippen LogP contribution in [0.3, 0.4) is 0 Å². The third-order valence-electron chi connectivity index (χ3n) is 7.49. The molecule has 0 spiro atoms. The van der Waals surface area contributed by atoms with Gasteiger partial charge in [0.1, 0.15) is 12.6 Å². The molecule has 0 aliphatic heterocycles. The summed E-state index contributed by atoms with van der Waals surface area (Å²) in [5, 5.41) is 3.44. The zero-order valence-electron chi connectivity index (χ0n) is 26.1. The lowest BCUT2D eigenvalue weighted by Crippen LogP contribution is -2.53. The third-order valence-corrected chi connectivity index (χ3v) is 9.63. The number of anilines is 1. The fourth-order valence-electron chi connectivity index (χ4n) is 5.10. The lowest BCUT2D eigenvalue weighted by atomic mass is 10.0. The minimum absolute atomic E-state index is 0.0111. The summed E-state index contributed by atoms with van der Waals surface area (Å²) in [6.45, 7) is 7.65. The molecule has 0 saturated heterocycles. The summed E-state index contributed by atoms with van der Waals surface area (Å²) >= 11 is 6.57. The van der Waals surface area contributed by atoms with E-state index in [0.29, 0.717) is 28.4 Å². The molecule has 0 radical (unpaired) electrons. The van der Waals surface area contributed by atoms with E-state index in [1.165, 1.54) is 17.0 Å². The van der Waals surface area contributed by atoms with Gasteiger partial charge >= 0.3 is 0 Å². The Balaban J connectivity index is 1.82. The Morgan fingerprint density at radius 1 is 0.844 bits per heavy atom. The number of hydrogen-bond donors (Lipinski definition) is 1. The van der Waals surface area contributed by atoms with Crippen molar-refractivity contribution in [1.82, 2.24) is 10.2 Å². The van der Waals surface area contributed by atoms with Crippen molar-refractivity contribution in [3.8, 4) is 0 Å². The molecule has 0 fully saturated rings. The maximum atomic E-state index is 14.6. The molecule has 4 aromatic rings. The molecule has 0 aliphatic carbocycles. The maximum absolute atomic E-state index is 14.6. The zero-order chi connectivity index (χ0) is 32.6. The van der Waals surface area contributed by atoms with E-state index in [4.69, 9.17) is 11.6 Å². The molecule has 0 saturated carbocycles. The van der Waals surface area contributed by atoms with Gasteiger partial charge in [-0.2, -0.15) is 0 Å². The molecule has 0 unspecified atom stereocenters. The van der Waals surface area contributed by atoms with Gasteiger partial charge in [0.15, 0.2) is 0 Å². The molecule has 0 aromatic heterocycles. The summed E-state index contributed by atoms with van der Waals surface area (Å²) in [6.07, 6.45) is 0.232. The summed E-state index contributed by atoms with van der Waals surface area (Å²) in [6, 6.07) is 29.1. The molecule has 236 valence electrons. The average molecular weight is 646 g/mol. The summed E-state index contributed by atoms with van der Waals surface area (Å²) in [7, 11) is -4.17. The lowest BCUT2D eigenvalue weighted by molar-refractivity contribution is -0.140. The smallest absolute Gasteiger partial charge is 0.264 e. The van der Waals surface area contributed by atoms with Crippen LogP contribution in [0.4, 0.5) is 5.69 Å². The lowest BCUT2D eigenvalue weighted by Gasteiger charge is -2.34. The number of sulfonamides is 1. The first-order valence-electron chi connectivity index (χ1n) is 15.0. The van der Waals surface area contributed by atoms with Crippen LogP contribution >= 0.6 is 11.6 Å². The van der Waals surface area contributed by atoms with Crippen molar-refractivity contribution in [1.29, 1.82) is 0 Å². The van der Waals surface area contributed by atoms with Crippen molar-refractivity contribution in [3.05, 3.63) is 130 Å². The van der Waals surface area contributed by atoms with Gasteiger partial charge < -0.3 is 10.2 Å². The van der Waals surface area contributed by atoms with Crippen molar-refractivity contribution in [2.45, 2.75) is 51.6 Å². The van der Waals surface area contributed by atoms with Gasteiger partial charge in [-0.25, -0.2) is 8.42 Å². The van der Waals surface area contributed by atoms with Crippen LogP contribution in [-0.2, 0) is 32.6 Å². The highest BCUT2D eigenvalue weighted by atomic mass is 35.5. The Morgan fingerprint density at radius 3 is 2.09 bits per heavy atom. The number of nitrogens with one attached hydrogen (secondary N) is 1. The minimum atomic E-state index is -4.17. The first kappa shape index (κ1) is 33.7. The van der Waals surface area contributed by atoms with Crippen LogP contribution < -0.4 is 9.62 Å². The summed E-state index contributed by atoms with van der Waals surface area (Å²) in [4.78, 5) is 30.0. The number of amides is 2. The van der Waals surface area contributed by atoms with Crippen LogP contribution in [0, 0.1) is 19.8 Å². The second-order valence-electron chi connectivity index (χ2n) is 11.6. The highest BCUT2D eigenvalue weighted by Gasteiger charge is 2.35. The predicted octanol–water partition coefficient (Wildman–Crippen LogP) is 6.56. The van der Waals surface area contributed by atoms with Crippen LogP contribution in [-0.4, -0.2) is 44.3 Å². The van der Waals surface area contributed by atoms with E-state index in [9.17, 15) is 18.0 Å². The maximum Gasteiger partial charge on any atom is 0.264 e. The summed E-state index contributed by atoms with van der Waals surface area (Å²) in [5.74, 6) is -0.665. The topological polar surface area (TPSA) is 86.8 Å². The fraction of sp³-hybridized carbons (Fsp3) is 0.278. The van der Waals surface area contributed by atoms with Gasteiger partial charge in [-0.1, -0.05) is 110 Å². The number of rotatable bonds is 13. The molecular weight excluding hydrogens is 606 g/mol. The van der Waals surface area contributed by atoms with Gasteiger partial charge in [-0.3, -0.25) is 13.9 Å². The number of nitrogens with zero attached hydrogens (tertiary/aromatic N) is 2. The van der Waals surface area contributed by atoms with Crippen LogP contribution in [0.5, 0.6) is 0 Å². The number of aryl methyl sites for hydroxylation is 2. The SMILES string of the molecule is Cc1ccc(N(CC(=O)N(Cc2ccccc2Cl)[C@@H](Cc2ccccc2)C(=O)NCC(C)C)S(=O)(=O)c2ccccc2)c(C)c1.